The minimum atomic E-state index is -0.373. The van der Waals surface area contributed by atoms with E-state index in [9.17, 15) is 9.59 Å². The summed E-state index contributed by atoms with van der Waals surface area (Å²) in [5.41, 5.74) is 1.55. The number of rotatable bonds is 7. The fourth-order valence-corrected chi connectivity index (χ4v) is 2.95. The zero-order valence-corrected chi connectivity index (χ0v) is 16.0. The molecule has 2 rings (SSSR count). The Morgan fingerprint density at radius 1 is 1.08 bits per heavy atom. The highest BCUT2D eigenvalue weighted by atomic mass is 79.9. The first-order chi connectivity index (χ1) is 12.0. The van der Waals surface area contributed by atoms with Gasteiger partial charge in [-0.05, 0) is 39.5 Å². The molecule has 0 spiro atoms. The van der Waals surface area contributed by atoms with E-state index in [1.807, 2.05) is 62.4 Å². The van der Waals surface area contributed by atoms with Crippen LogP contribution in [0.25, 0.3) is 0 Å². The third-order valence-electron chi connectivity index (χ3n) is 4.12. The lowest BCUT2D eigenvalue weighted by atomic mass is 9.86. The van der Waals surface area contributed by atoms with Gasteiger partial charge in [0.1, 0.15) is 0 Å². The molecule has 0 unspecified atom stereocenters. The molecule has 2 atom stereocenters. The Hall–Kier alpha value is -2.14. The number of esters is 1. The number of carbonyl (C=O) groups is 2. The van der Waals surface area contributed by atoms with Crippen molar-refractivity contribution in [2.75, 3.05) is 11.9 Å². The maximum Gasteiger partial charge on any atom is 0.314 e. The molecule has 2 aromatic rings. The van der Waals surface area contributed by atoms with Gasteiger partial charge in [0, 0.05) is 4.47 Å². The molecular formula is C20H22BrNO3. The Morgan fingerprint density at radius 2 is 1.72 bits per heavy atom. The van der Waals surface area contributed by atoms with Gasteiger partial charge in [-0.1, -0.05) is 62.7 Å². The van der Waals surface area contributed by atoms with Gasteiger partial charge in [-0.15, -0.1) is 0 Å². The van der Waals surface area contributed by atoms with E-state index in [1.54, 1.807) is 6.07 Å². The molecule has 0 aliphatic rings. The number of hydrogen-bond acceptors (Lipinski definition) is 3. The highest BCUT2D eigenvalue weighted by molar-refractivity contribution is 9.10. The summed E-state index contributed by atoms with van der Waals surface area (Å²) < 4.78 is 6.06. The van der Waals surface area contributed by atoms with Crippen molar-refractivity contribution in [3.8, 4) is 0 Å². The average Bonchev–Trinajstić information content (AvgIpc) is 2.63. The molecule has 1 amide bonds. The lowest BCUT2D eigenvalue weighted by Gasteiger charge is -2.21. The predicted octanol–water partition coefficient (Wildman–Crippen LogP) is 4.76. The zero-order chi connectivity index (χ0) is 18.2. The van der Waals surface area contributed by atoms with Crippen LogP contribution in [0.3, 0.4) is 0 Å². The first-order valence-electron chi connectivity index (χ1n) is 8.29. The molecule has 0 aliphatic carbocycles. The molecule has 132 valence electrons. The summed E-state index contributed by atoms with van der Waals surface area (Å²) in [4.78, 5) is 24.6. The molecule has 0 bridgehead atoms. The molecule has 25 heavy (non-hydrogen) atoms. The Morgan fingerprint density at radius 3 is 2.36 bits per heavy atom. The Kier molecular flexibility index (Phi) is 7.19. The first kappa shape index (κ1) is 19.2. The van der Waals surface area contributed by atoms with Gasteiger partial charge >= 0.3 is 5.97 Å². The van der Waals surface area contributed by atoms with Crippen LogP contribution < -0.4 is 5.32 Å². The SMILES string of the molecule is CC[C@H](C)[C@H](C(=O)OCC(=O)Nc1ccccc1Br)c1ccccc1. The molecule has 0 saturated heterocycles. The second-order valence-corrected chi connectivity index (χ2v) is 6.76. The van der Waals surface area contributed by atoms with Gasteiger partial charge in [0.15, 0.2) is 6.61 Å². The Balaban J connectivity index is 1.99. The quantitative estimate of drug-likeness (QED) is 0.677. The third kappa shape index (κ3) is 5.43. The molecule has 4 nitrogen and oxygen atoms in total. The summed E-state index contributed by atoms with van der Waals surface area (Å²) in [6, 6.07) is 16.8. The molecule has 0 aromatic heterocycles. The molecule has 0 saturated carbocycles. The van der Waals surface area contributed by atoms with Gasteiger partial charge in [0.2, 0.25) is 0 Å². The molecule has 0 fully saturated rings. The third-order valence-corrected chi connectivity index (χ3v) is 4.81. The van der Waals surface area contributed by atoms with Crippen molar-refractivity contribution in [2.45, 2.75) is 26.2 Å². The van der Waals surface area contributed by atoms with Crippen LogP contribution in [0.1, 0.15) is 31.7 Å². The van der Waals surface area contributed by atoms with E-state index >= 15 is 0 Å². The van der Waals surface area contributed by atoms with Crippen molar-refractivity contribution in [3.05, 3.63) is 64.6 Å². The molecule has 0 radical (unpaired) electrons. The predicted molar refractivity (Wildman–Crippen MR) is 102 cm³/mol. The largest absolute Gasteiger partial charge is 0.455 e. The number of carbonyl (C=O) groups excluding carboxylic acids is 2. The van der Waals surface area contributed by atoms with Crippen LogP contribution in [0.2, 0.25) is 0 Å². The minimum Gasteiger partial charge on any atom is -0.455 e. The lowest BCUT2D eigenvalue weighted by Crippen LogP contribution is -2.27. The van der Waals surface area contributed by atoms with Crippen LogP contribution in [-0.4, -0.2) is 18.5 Å². The Bertz CT molecular complexity index is 718. The van der Waals surface area contributed by atoms with Crippen molar-refractivity contribution in [2.24, 2.45) is 5.92 Å². The van der Waals surface area contributed by atoms with E-state index in [0.29, 0.717) is 5.69 Å². The Labute approximate surface area is 156 Å². The molecule has 2 aromatic carbocycles. The van der Waals surface area contributed by atoms with Crippen LogP contribution in [0, 0.1) is 5.92 Å². The summed E-state index contributed by atoms with van der Waals surface area (Å²) >= 11 is 3.36. The van der Waals surface area contributed by atoms with E-state index in [-0.39, 0.29) is 30.3 Å². The van der Waals surface area contributed by atoms with Crippen molar-refractivity contribution in [1.82, 2.24) is 0 Å². The molecular weight excluding hydrogens is 382 g/mol. The monoisotopic (exact) mass is 403 g/mol. The second-order valence-electron chi connectivity index (χ2n) is 5.91. The highest BCUT2D eigenvalue weighted by Crippen LogP contribution is 2.28. The number of benzene rings is 2. The van der Waals surface area contributed by atoms with Crippen LogP contribution in [0.5, 0.6) is 0 Å². The maximum atomic E-state index is 12.6. The number of ether oxygens (including phenoxy) is 1. The van der Waals surface area contributed by atoms with Crippen molar-refractivity contribution >= 4 is 33.5 Å². The number of nitrogens with one attached hydrogen (secondary N) is 1. The normalized spacial score (nSPS) is 12.9. The lowest BCUT2D eigenvalue weighted by molar-refractivity contribution is -0.150. The summed E-state index contributed by atoms with van der Waals surface area (Å²) in [5, 5.41) is 2.72. The minimum absolute atomic E-state index is 0.126. The molecule has 5 heteroatoms. The van der Waals surface area contributed by atoms with Gasteiger partial charge in [-0.25, -0.2) is 0 Å². The molecule has 0 heterocycles. The van der Waals surface area contributed by atoms with E-state index in [2.05, 4.69) is 21.2 Å². The van der Waals surface area contributed by atoms with Crippen molar-refractivity contribution in [3.63, 3.8) is 0 Å². The van der Waals surface area contributed by atoms with Gasteiger partial charge in [0.25, 0.3) is 5.91 Å². The van der Waals surface area contributed by atoms with Crippen molar-refractivity contribution in [1.29, 1.82) is 0 Å². The summed E-state index contributed by atoms with van der Waals surface area (Å²) in [6.07, 6.45) is 0.845. The zero-order valence-electron chi connectivity index (χ0n) is 14.4. The van der Waals surface area contributed by atoms with Gasteiger partial charge in [0.05, 0.1) is 11.6 Å². The van der Waals surface area contributed by atoms with Crippen LogP contribution in [0.4, 0.5) is 5.69 Å². The number of halogens is 1. The van der Waals surface area contributed by atoms with E-state index in [4.69, 9.17) is 4.74 Å². The second kappa shape index (κ2) is 9.37. The van der Waals surface area contributed by atoms with Gasteiger partial charge in [-0.2, -0.15) is 0 Å². The van der Waals surface area contributed by atoms with Crippen LogP contribution >= 0.6 is 15.9 Å². The topological polar surface area (TPSA) is 55.4 Å². The van der Waals surface area contributed by atoms with Gasteiger partial charge < -0.3 is 10.1 Å². The molecule has 1 N–H and O–H groups in total. The fourth-order valence-electron chi connectivity index (χ4n) is 2.57. The number of amides is 1. The maximum absolute atomic E-state index is 12.6. The van der Waals surface area contributed by atoms with E-state index in [1.165, 1.54) is 0 Å². The summed E-state index contributed by atoms with van der Waals surface area (Å²) in [6.45, 7) is 3.74. The number of anilines is 1. The average molecular weight is 404 g/mol. The number of hydrogen-bond donors (Lipinski definition) is 1. The highest BCUT2D eigenvalue weighted by Gasteiger charge is 2.27. The van der Waals surface area contributed by atoms with E-state index in [0.717, 1.165) is 16.5 Å². The van der Waals surface area contributed by atoms with E-state index < -0.39 is 0 Å². The summed E-state index contributed by atoms with van der Waals surface area (Å²) in [7, 11) is 0. The number of para-hydroxylation sites is 1. The summed E-state index contributed by atoms with van der Waals surface area (Å²) in [5.74, 6) is -0.984. The smallest absolute Gasteiger partial charge is 0.314 e. The van der Waals surface area contributed by atoms with Gasteiger partial charge in [-0.3, -0.25) is 9.59 Å². The standard InChI is InChI=1S/C20H22BrNO3/c1-3-14(2)19(15-9-5-4-6-10-15)20(24)25-13-18(23)22-17-12-8-7-11-16(17)21/h4-12,14,19H,3,13H2,1-2H3,(H,22,23)/t14-,19-/m0/s1. The molecule has 0 aliphatic heterocycles. The fraction of sp³-hybridized carbons (Fsp3) is 0.300. The van der Waals surface area contributed by atoms with Crippen molar-refractivity contribution < 1.29 is 14.3 Å². The van der Waals surface area contributed by atoms with Crippen LogP contribution in [0.15, 0.2) is 59.1 Å². The first-order valence-corrected chi connectivity index (χ1v) is 9.08. The van der Waals surface area contributed by atoms with Crippen LogP contribution in [-0.2, 0) is 14.3 Å².